The first-order chi connectivity index (χ1) is 18.6. The summed E-state index contributed by atoms with van der Waals surface area (Å²) < 4.78 is 44.2. The van der Waals surface area contributed by atoms with E-state index in [0.29, 0.717) is 79.3 Å². The first kappa shape index (κ1) is 32.4. The van der Waals surface area contributed by atoms with Crippen molar-refractivity contribution in [1.82, 2.24) is 19.6 Å². The summed E-state index contributed by atoms with van der Waals surface area (Å²) in [4.78, 5) is 33.1. The number of amides is 4. The second-order valence-corrected chi connectivity index (χ2v) is 8.21. The van der Waals surface area contributed by atoms with Crippen LogP contribution in [0.5, 0.6) is 0 Å². The first-order valence-electron chi connectivity index (χ1n) is 13.4. The molecule has 2 rings (SSSR count). The molecule has 0 saturated carbocycles. The average molecular weight is 551 g/mol. The number of carbonyl (C=O) groups excluding carboxylic acids is 2. The van der Waals surface area contributed by atoms with Gasteiger partial charge in [-0.1, -0.05) is 0 Å². The van der Waals surface area contributed by atoms with Gasteiger partial charge in [-0.2, -0.15) is 0 Å². The van der Waals surface area contributed by atoms with E-state index >= 15 is 0 Å². The van der Waals surface area contributed by atoms with E-state index in [2.05, 4.69) is 0 Å². The molecule has 0 aromatic rings. The molecule has 0 aromatic carbocycles. The van der Waals surface area contributed by atoms with Crippen molar-refractivity contribution >= 4 is 12.1 Å². The Morgan fingerprint density at radius 1 is 0.421 bits per heavy atom. The predicted molar refractivity (Wildman–Crippen MR) is 135 cm³/mol. The smallest absolute Gasteiger partial charge is 0.327 e. The standard InChI is InChI=1S/C24H46N4O10/c1-5-31-9-13-35-17-25-21-22(27(23(25)29)19-37-15-11-33-7-3)28(20-38-16-12-34-8-4)24(30)26(21)18-36-14-10-32-6-2/h21-22H,5-20H2,1-4H3. The lowest BCUT2D eigenvalue weighted by atomic mass is 10.3. The fourth-order valence-electron chi connectivity index (χ4n) is 3.99. The highest BCUT2D eigenvalue weighted by Gasteiger charge is 2.59. The van der Waals surface area contributed by atoms with Crippen LogP contribution in [0.1, 0.15) is 27.7 Å². The van der Waals surface area contributed by atoms with Gasteiger partial charge >= 0.3 is 12.1 Å². The van der Waals surface area contributed by atoms with Crippen molar-refractivity contribution < 1.29 is 47.5 Å². The Bertz CT molecular complexity index is 560. The van der Waals surface area contributed by atoms with Gasteiger partial charge in [0.05, 0.1) is 52.9 Å². The molecule has 0 aromatic heterocycles. The molecule has 2 saturated heterocycles. The topological polar surface area (TPSA) is 121 Å². The molecule has 0 spiro atoms. The van der Waals surface area contributed by atoms with Crippen LogP contribution in [0.25, 0.3) is 0 Å². The summed E-state index contributed by atoms with van der Waals surface area (Å²) in [6, 6.07) is -0.641. The molecule has 0 unspecified atom stereocenters. The van der Waals surface area contributed by atoms with Crippen LogP contribution in [0.15, 0.2) is 0 Å². The number of hydrogen-bond donors (Lipinski definition) is 0. The van der Waals surface area contributed by atoms with Crippen molar-refractivity contribution in [2.75, 3.05) is 106 Å². The van der Waals surface area contributed by atoms with E-state index in [1.807, 2.05) is 27.7 Å². The lowest BCUT2D eigenvalue weighted by molar-refractivity contribution is -0.0520. The minimum Gasteiger partial charge on any atom is -0.379 e. The molecule has 0 radical (unpaired) electrons. The SMILES string of the molecule is CCOCCOCN1C(=O)N(COCCOCC)C2C1N(COCCOCC)C(=O)N2COCCOCC. The van der Waals surface area contributed by atoms with Gasteiger partial charge in [0, 0.05) is 26.4 Å². The lowest BCUT2D eigenvalue weighted by Crippen LogP contribution is -2.48. The molecule has 0 N–H and O–H groups in total. The third-order valence-electron chi connectivity index (χ3n) is 5.75. The van der Waals surface area contributed by atoms with Gasteiger partial charge in [0.2, 0.25) is 0 Å². The van der Waals surface area contributed by atoms with Gasteiger partial charge in [0.15, 0.2) is 12.3 Å². The van der Waals surface area contributed by atoms with Crippen molar-refractivity contribution in [2.24, 2.45) is 0 Å². The molecular weight excluding hydrogens is 504 g/mol. The van der Waals surface area contributed by atoms with Crippen molar-refractivity contribution in [3.8, 4) is 0 Å². The molecule has 2 fully saturated rings. The van der Waals surface area contributed by atoms with Crippen LogP contribution in [-0.2, 0) is 37.9 Å². The number of fused-ring (bicyclic) bond motifs is 1. The Labute approximate surface area is 225 Å². The number of hydrogen-bond acceptors (Lipinski definition) is 10. The Morgan fingerprint density at radius 3 is 0.842 bits per heavy atom. The Balaban J connectivity index is 2.17. The van der Waals surface area contributed by atoms with Crippen molar-refractivity contribution in [3.05, 3.63) is 0 Å². The molecule has 2 aliphatic heterocycles. The maximum Gasteiger partial charge on any atom is 0.327 e. The van der Waals surface area contributed by atoms with Gasteiger partial charge in [-0.15, -0.1) is 0 Å². The molecule has 0 bridgehead atoms. The molecule has 2 heterocycles. The molecule has 0 aliphatic carbocycles. The van der Waals surface area contributed by atoms with E-state index in [1.165, 1.54) is 19.6 Å². The second-order valence-electron chi connectivity index (χ2n) is 8.21. The molecule has 14 heteroatoms. The third-order valence-corrected chi connectivity index (χ3v) is 5.75. The monoisotopic (exact) mass is 550 g/mol. The van der Waals surface area contributed by atoms with E-state index in [-0.39, 0.29) is 39.0 Å². The van der Waals surface area contributed by atoms with Gasteiger partial charge in [-0.05, 0) is 27.7 Å². The zero-order valence-electron chi connectivity index (χ0n) is 23.3. The molecule has 0 atom stereocenters. The van der Waals surface area contributed by atoms with Crippen molar-refractivity contribution in [1.29, 1.82) is 0 Å². The molecular formula is C24H46N4O10. The molecule has 4 amide bonds. The predicted octanol–water partition coefficient (Wildman–Crippen LogP) is 1.16. The first-order valence-corrected chi connectivity index (χ1v) is 13.4. The van der Waals surface area contributed by atoms with Crippen LogP contribution < -0.4 is 0 Å². The van der Waals surface area contributed by atoms with Gasteiger partial charge in [0.1, 0.15) is 26.9 Å². The van der Waals surface area contributed by atoms with Gasteiger partial charge in [-0.3, -0.25) is 19.6 Å². The summed E-state index contributed by atoms with van der Waals surface area (Å²) >= 11 is 0. The second kappa shape index (κ2) is 19.3. The summed E-state index contributed by atoms with van der Waals surface area (Å²) in [5, 5.41) is 0. The quantitative estimate of drug-likeness (QED) is 0.162. The van der Waals surface area contributed by atoms with E-state index in [1.54, 1.807) is 0 Å². The number of nitrogens with zero attached hydrogens (tertiary/aromatic N) is 4. The fraction of sp³-hybridized carbons (Fsp3) is 0.917. The zero-order valence-corrected chi connectivity index (χ0v) is 23.3. The minimum atomic E-state index is -0.667. The normalized spacial score (nSPS) is 19.4. The van der Waals surface area contributed by atoms with Crippen LogP contribution in [0.2, 0.25) is 0 Å². The van der Waals surface area contributed by atoms with E-state index in [0.717, 1.165) is 0 Å². The number of ether oxygens (including phenoxy) is 8. The average Bonchev–Trinajstić information content (AvgIpc) is 3.33. The maximum absolute atomic E-state index is 13.5. The van der Waals surface area contributed by atoms with Gasteiger partial charge < -0.3 is 37.9 Å². The van der Waals surface area contributed by atoms with Crippen molar-refractivity contribution in [2.45, 2.75) is 40.0 Å². The Morgan fingerprint density at radius 2 is 0.632 bits per heavy atom. The highest BCUT2D eigenvalue weighted by atomic mass is 16.6. The highest BCUT2D eigenvalue weighted by Crippen LogP contribution is 2.35. The Hall–Kier alpha value is -1.78. The molecule has 222 valence electrons. The van der Waals surface area contributed by atoms with Gasteiger partial charge in [0.25, 0.3) is 0 Å². The van der Waals surface area contributed by atoms with E-state index < -0.39 is 12.3 Å². The number of carbonyl (C=O) groups is 2. The highest BCUT2D eigenvalue weighted by molar-refractivity contribution is 5.85. The van der Waals surface area contributed by atoms with Crippen LogP contribution in [0.4, 0.5) is 9.59 Å². The fourth-order valence-corrected chi connectivity index (χ4v) is 3.99. The number of urea groups is 2. The van der Waals surface area contributed by atoms with Crippen LogP contribution in [-0.4, -0.2) is 150 Å². The molecule has 38 heavy (non-hydrogen) atoms. The molecule has 2 aliphatic rings. The largest absolute Gasteiger partial charge is 0.379 e. The zero-order chi connectivity index (χ0) is 27.6. The summed E-state index contributed by atoms with van der Waals surface area (Å²) in [5.41, 5.74) is 0. The minimum absolute atomic E-state index is 0.0235. The van der Waals surface area contributed by atoms with Crippen LogP contribution in [0.3, 0.4) is 0 Å². The van der Waals surface area contributed by atoms with Crippen LogP contribution in [0, 0.1) is 0 Å². The summed E-state index contributed by atoms with van der Waals surface area (Å²) in [6.45, 7) is 12.6. The maximum atomic E-state index is 13.5. The van der Waals surface area contributed by atoms with Gasteiger partial charge in [-0.25, -0.2) is 9.59 Å². The summed E-state index contributed by atoms with van der Waals surface area (Å²) in [6.07, 6.45) is -1.33. The molecule has 14 nitrogen and oxygen atoms in total. The summed E-state index contributed by atoms with van der Waals surface area (Å²) in [5.74, 6) is 0. The number of rotatable bonds is 24. The van der Waals surface area contributed by atoms with E-state index in [9.17, 15) is 9.59 Å². The Kier molecular flexibility index (Phi) is 16.5. The van der Waals surface area contributed by atoms with Crippen LogP contribution >= 0.6 is 0 Å². The third kappa shape index (κ3) is 9.75. The summed E-state index contributed by atoms with van der Waals surface area (Å²) in [7, 11) is 0. The van der Waals surface area contributed by atoms with E-state index in [4.69, 9.17) is 37.9 Å². The van der Waals surface area contributed by atoms with Crippen molar-refractivity contribution in [3.63, 3.8) is 0 Å². The lowest BCUT2D eigenvalue weighted by Gasteiger charge is -2.29.